The van der Waals surface area contributed by atoms with Crippen molar-refractivity contribution in [1.29, 1.82) is 0 Å². The van der Waals surface area contributed by atoms with E-state index < -0.39 is 11.9 Å². The molecule has 0 spiro atoms. The topological polar surface area (TPSA) is 110 Å². The van der Waals surface area contributed by atoms with Crippen LogP contribution in [0.2, 0.25) is 0 Å². The molecular weight excluding hydrogens is 327 g/mol. The average Bonchev–Trinajstić information content (AvgIpc) is 2.50. The summed E-state index contributed by atoms with van der Waals surface area (Å²) < 4.78 is 0. The number of nitrogens with two attached hydrogens (primary N) is 2. The van der Waals surface area contributed by atoms with Gasteiger partial charge in [0.2, 0.25) is 5.91 Å². The molecule has 2 amide bonds. The number of amides is 2. The fourth-order valence-corrected chi connectivity index (χ4v) is 1.77. The van der Waals surface area contributed by atoms with E-state index in [1.54, 1.807) is 24.3 Å². The van der Waals surface area contributed by atoms with Crippen LogP contribution in [0, 0.1) is 0 Å². The number of nitrogens with one attached hydrogen (secondary N) is 2. The molecule has 122 valence electrons. The van der Waals surface area contributed by atoms with E-state index in [9.17, 15) is 9.59 Å². The van der Waals surface area contributed by atoms with Gasteiger partial charge >= 0.3 is 0 Å². The highest BCUT2D eigenvalue weighted by molar-refractivity contribution is 6.25. The van der Waals surface area contributed by atoms with Crippen LogP contribution in [0.4, 0.5) is 0 Å². The Morgan fingerprint density at radius 3 is 2.41 bits per heavy atom. The molecule has 0 saturated heterocycles. The Labute approximate surface area is 140 Å². The first-order chi connectivity index (χ1) is 10.0. The Balaban J connectivity index is 0.00000441. The molecule has 0 aromatic heterocycles. The molecule has 0 aliphatic heterocycles. The van der Waals surface area contributed by atoms with Crippen LogP contribution in [0.25, 0.3) is 0 Å². The van der Waals surface area contributed by atoms with E-state index >= 15 is 0 Å². The minimum atomic E-state index is -0.722. The first kappa shape index (κ1) is 20.1. The zero-order valence-electron chi connectivity index (χ0n) is 11.9. The van der Waals surface area contributed by atoms with Crippen LogP contribution in [-0.4, -0.2) is 24.4 Å². The number of carbonyl (C=O) groups excluding carboxylic acids is 2. The lowest BCUT2D eigenvalue weighted by atomic mass is 10.1. The minimum absolute atomic E-state index is 0. The second-order valence-corrected chi connectivity index (χ2v) is 4.65. The van der Waals surface area contributed by atoms with E-state index in [1.165, 1.54) is 5.54 Å². The van der Waals surface area contributed by atoms with Crippen molar-refractivity contribution in [3.8, 4) is 0 Å². The second kappa shape index (κ2) is 10.8. The first-order valence-electron chi connectivity index (χ1n) is 6.49. The van der Waals surface area contributed by atoms with Gasteiger partial charge in [0.05, 0.1) is 0 Å². The van der Waals surface area contributed by atoms with Crippen LogP contribution in [0.5, 0.6) is 0 Å². The van der Waals surface area contributed by atoms with Gasteiger partial charge in [0.25, 0.3) is 5.91 Å². The maximum atomic E-state index is 12.0. The Bertz CT molecular complexity index is 509. The SMILES string of the molecule is Cl.NC(=O)[C@H](CCCN/C(N)=C/Cl)NC(=O)c1ccccc1. The fourth-order valence-electron chi connectivity index (χ4n) is 1.69. The summed E-state index contributed by atoms with van der Waals surface area (Å²) in [4.78, 5) is 23.3. The van der Waals surface area contributed by atoms with Gasteiger partial charge in [-0.25, -0.2) is 0 Å². The molecule has 0 saturated carbocycles. The molecule has 1 aromatic carbocycles. The number of hydrogen-bond donors (Lipinski definition) is 4. The molecule has 0 fully saturated rings. The highest BCUT2D eigenvalue weighted by atomic mass is 35.5. The van der Waals surface area contributed by atoms with E-state index in [1.807, 2.05) is 6.07 Å². The molecule has 8 heteroatoms. The van der Waals surface area contributed by atoms with E-state index in [4.69, 9.17) is 23.1 Å². The van der Waals surface area contributed by atoms with Crippen molar-refractivity contribution in [2.75, 3.05) is 6.54 Å². The molecule has 1 aromatic rings. The zero-order chi connectivity index (χ0) is 15.7. The van der Waals surface area contributed by atoms with Crippen LogP contribution >= 0.6 is 24.0 Å². The molecule has 6 nitrogen and oxygen atoms in total. The molecule has 1 atom stereocenters. The van der Waals surface area contributed by atoms with E-state index in [0.717, 1.165) is 0 Å². The van der Waals surface area contributed by atoms with E-state index in [0.29, 0.717) is 30.8 Å². The van der Waals surface area contributed by atoms with Gasteiger partial charge in [-0.2, -0.15) is 0 Å². The summed E-state index contributed by atoms with van der Waals surface area (Å²) in [6.07, 6.45) is 1.02. The van der Waals surface area contributed by atoms with Crippen molar-refractivity contribution in [3.63, 3.8) is 0 Å². The highest BCUT2D eigenvalue weighted by Gasteiger charge is 2.18. The molecule has 22 heavy (non-hydrogen) atoms. The Morgan fingerprint density at radius 2 is 1.86 bits per heavy atom. The van der Waals surface area contributed by atoms with E-state index in [-0.39, 0.29) is 18.3 Å². The van der Waals surface area contributed by atoms with Gasteiger partial charge in [-0.1, -0.05) is 29.8 Å². The monoisotopic (exact) mass is 346 g/mol. The lowest BCUT2D eigenvalue weighted by molar-refractivity contribution is -0.120. The molecule has 0 aliphatic carbocycles. The number of benzene rings is 1. The molecule has 6 N–H and O–H groups in total. The molecule has 0 heterocycles. The van der Waals surface area contributed by atoms with Crippen molar-refractivity contribution in [1.82, 2.24) is 10.6 Å². The standard InChI is InChI=1S/C14H19ClN4O2.ClH/c15-9-12(16)18-8-4-7-11(13(17)20)19-14(21)10-5-2-1-3-6-10;/h1-3,5-6,9,11,18H,4,7-8,16H2,(H2,17,20)(H,19,21);1H/b12-9+;/t11-;/m0./s1. The van der Waals surface area contributed by atoms with Gasteiger partial charge in [-0.3, -0.25) is 9.59 Å². The number of halogens is 2. The number of carbonyl (C=O) groups is 2. The van der Waals surface area contributed by atoms with Crippen molar-refractivity contribution in [2.45, 2.75) is 18.9 Å². The third-order valence-electron chi connectivity index (χ3n) is 2.80. The van der Waals surface area contributed by atoms with Gasteiger partial charge in [0, 0.05) is 17.6 Å². The van der Waals surface area contributed by atoms with Crippen molar-refractivity contribution >= 4 is 35.8 Å². The number of primary amides is 1. The minimum Gasteiger partial charge on any atom is -0.385 e. The number of rotatable bonds is 8. The highest BCUT2D eigenvalue weighted by Crippen LogP contribution is 2.02. The summed E-state index contributed by atoms with van der Waals surface area (Å²) in [7, 11) is 0. The predicted molar refractivity (Wildman–Crippen MR) is 89.5 cm³/mol. The van der Waals surface area contributed by atoms with Crippen LogP contribution in [0.1, 0.15) is 23.2 Å². The molecule has 1 rings (SSSR count). The van der Waals surface area contributed by atoms with Crippen molar-refractivity contribution < 1.29 is 9.59 Å². The predicted octanol–water partition coefficient (Wildman–Crippen LogP) is 1.06. The van der Waals surface area contributed by atoms with Crippen molar-refractivity contribution in [2.24, 2.45) is 11.5 Å². The summed E-state index contributed by atoms with van der Waals surface area (Å²) in [6, 6.07) is 7.92. The Kier molecular flexibility index (Phi) is 9.82. The van der Waals surface area contributed by atoms with Gasteiger partial charge < -0.3 is 22.1 Å². The summed E-state index contributed by atoms with van der Waals surface area (Å²) >= 11 is 5.40. The summed E-state index contributed by atoms with van der Waals surface area (Å²) in [5.41, 5.74) is 12.5. The second-order valence-electron chi connectivity index (χ2n) is 4.43. The largest absolute Gasteiger partial charge is 0.385 e. The summed E-state index contributed by atoms with van der Waals surface area (Å²) in [5, 5.41) is 5.48. The Morgan fingerprint density at radius 1 is 1.23 bits per heavy atom. The molecular formula is C14H20Cl2N4O2. The molecule has 0 aliphatic rings. The summed E-state index contributed by atoms with van der Waals surface area (Å²) in [6.45, 7) is 0.528. The quantitative estimate of drug-likeness (QED) is 0.527. The van der Waals surface area contributed by atoms with Gasteiger partial charge in [-0.05, 0) is 25.0 Å². The lowest BCUT2D eigenvalue weighted by Gasteiger charge is -2.15. The maximum absolute atomic E-state index is 12.0. The zero-order valence-corrected chi connectivity index (χ0v) is 13.5. The van der Waals surface area contributed by atoms with Gasteiger partial charge in [0.1, 0.15) is 11.9 Å². The third kappa shape index (κ3) is 7.19. The Hall–Kier alpha value is -1.92. The molecule has 0 unspecified atom stereocenters. The first-order valence-corrected chi connectivity index (χ1v) is 6.93. The van der Waals surface area contributed by atoms with Gasteiger partial charge in [-0.15, -0.1) is 12.4 Å². The normalized spacial score (nSPS) is 12.0. The lowest BCUT2D eigenvalue weighted by Crippen LogP contribution is -2.44. The maximum Gasteiger partial charge on any atom is 0.251 e. The average molecular weight is 347 g/mol. The number of hydrogen-bond acceptors (Lipinski definition) is 4. The smallest absolute Gasteiger partial charge is 0.251 e. The van der Waals surface area contributed by atoms with Crippen LogP contribution < -0.4 is 22.1 Å². The molecule has 0 bridgehead atoms. The molecule has 0 radical (unpaired) electrons. The van der Waals surface area contributed by atoms with Crippen molar-refractivity contribution in [3.05, 3.63) is 47.3 Å². The van der Waals surface area contributed by atoms with E-state index in [2.05, 4.69) is 10.6 Å². The van der Waals surface area contributed by atoms with Crippen LogP contribution in [0.15, 0.2) is 41.7 Å². The van der Waals surface area contributed by atoms with Crippen LogP contribution in [-0.2, 0) is 4.79 Å². The third-order valence-corrected chi connectivity index (χ3v) is 3.04. The summed E-state index contributed by atoms with van der Waals surface area (Å²) in [5.74, 6) is -0.548. The van der Waals surface area contributed by atoms with Gasteiger partial charge in [0.15, 0.2) is 0 Å². The van der Waals surface area contributed by atoms with Crippen LogP contribution in [0.3, 0.4) is 0 Å². The fraction of sp³-hybridized carbons (Fsp3) is 0.286.